The van der Waals surface area contributed by atoms with Gasteiger partial charge in [-0.15, -0.1) is 22.7 Å². The van der Waals surface area contributed by atoms with E-state index in [0.29, 0.717) is 0 Å². The van der Waals surface area contributed by atoms with Gasteiger partial charge in [0.05, 0.1) is 15.7 Å². The van der Waals surface area contributed by atoms with Crippen LogP contribution in [0.25, 0.3) is 79.0 Å². The van der Waals surface area contributed by atoms with Crippen LogP contribution < -0.4 is 0 Å². The minimum absolute atomic E-state index is 1.20. The Balaban J connectivity index is 1.36. The number of thiophene rings is 2. The average Bonchev–Trinajstić information content (AvgIpc) is 3.66. The van der Waals surface area contributed by atoms with Gasteiger partial charge in [-0.25, -0.2) is 0 Å². The summed E-state index contributed by atoms with van der Waals surface area (Å²) in [7, 11) is 0. The number of fused-ring (bicyclic) bond motifs is 10. The first-order valence-electron chi connectivity index (χ1n) is 13.2. The van der Waals surface area contributed by atoms with Gasteiger partial charge in [0.1, 0.15) is 0 Å². The van der Waals surface area contributed by atoms with Crippen molar-refractivity contribution in [2.45, 2.75) is 0 Å². The van der Waals surface area contributed by atoms with Crippen LogP contribution in [0.4, 0.5) is 0 Å². The van der Waals surface area contributed by atoms with E-state index in [2.05, 4.69) is 132 Å². The van der Waals surface area contributed by atoms with Crippen LogP contribution in [0.1, 0.15) is 0 Å². The van der Waals surface area contributed by atoms with Gasteiger partial charge in [-0.3, -0.25) is 0 Å². The summed E-state index contributed by atoms with van der Waals surface area (Å²) in [6.45, 7) is 0. The summed E-state index contributed by atoms with van der Waals surface area (Å²) in [6, 6.07) is 46.8. The zero-order valence-corrected chi connectivity index (χ0v) is 22.5. The Hall–Kier alpha value is -4.44. The summed E-state index contributed by atoms with van der Waals surface area (Å²) in [5.74, 6) is 0. The van der Waals surface area contributed by atoms with Crippen LogP contribution in [0.5, 0.6) is 0 Å². The van der Waals surface area contributed by atoms with Crippen LogP contribution in [-0.2, 0) is 0 Å². The van der Waals surface area contributed by atoms with Crippen molar-refractivity contribution in [3.05, 3.63) is 127 Å². The van der Waals surface area contributed by atoms with E-state index in [1.54, 1.807) is 0 Å². The first-order valence-corrected chi connectivity index (χ1v) is 14.8. The molecule has 0 bridgehead atoms. The van der Waals surface area contributed by atoms with Crippen molar-refractivity contribution < 1.29 is 0 Å². The molecule has 0 spiro atoms. The van der Waals surface area contributed by atoms with E-state index in [-0.39, 0.29) is 0 Å². The number of hydrogen-bond acceptors (Lipinski definition) is 2. The fraction of sp³-hybridized carbons (Fsp3) is 0. The number of para-hydroxylation sites is 1. The van der Waals surface area contributed by atoms with Crippen molar-refractivity contribution in [2.75, 3.05) is 0 Å². The van der Waals surface area contributed by atoms with Crippen LogP contribution in [0.15, 0.2) is 127 Å². The minimum Gasteiger partial charge on any atom is -0.308 e. The fourth-order valence-electron chi connectivity index (χ4n) is 6.29. The monoisotopic (exact) mass is 531 g/mol. The van der Waals surface area contributed by atoms with Gasteiger partial charge in [0.2, 0.25) is 0 Å². The third-order valence-corrected chi connectivity index (χ3v) is 10.4. The van der Waals surface area contributed by atoms with E-state index < -0.39 is 0 Å². The second-order valence-corrected chi connectivity index (χ2v) is 12.2. The first kappa shape index (κ1) is 21.5. The quantitative estimate of drug-likeness (QED) is 0.209. The van der Waals surface area contributed by atoms with Gasteiger partial charge in [-0.1, -0.05) is 97.1 Å². The molecule has 182 valence electrons. The summed E-state index contributed by atoms with van der Waals surface area (Å²) < 4.78 is 7.86. The van der Waals surface area contributed by atoms with Crippen LogP contribution >= 0.6 is 22.7 Å². The molecule has 0 aliphatic carbocycles. The van der Waals surface area contributed by atoms with Crippen molar-refractivity contribution in [3.8, 4) is 16.8 Å². The van der Waals surface area contributed by atoms with Gasteiger partial charge in [-0.05, 0) is 41.5 Å². The molecule has 0 amide bonds. The summed E-state index contributed by atoms with van der Waals surface area (Å²) in [5.41, 5.74) is 6.28. The van der Waals surface area contributed by atoms with Gasteiger partial charge >= 0.3 is 0 Å². The molecule has 9 rings (SSSR count). The maximum absolute atomic E-state index is 2.48. The van der Waals surface area contributed by atoms with E-state index in [0.717, 1.165) is 0 Å². The van der Waals surface area contributed by atoms with E-state index in [4.69, 9.17) is 0 Å². The van der Waals surface area contributed by atoms with E-state index in [1.807, 2.05) is 22.7 Å². The molecule has 3 heterocycles. The number of nitrogens with zero attached hydrogens (tertiary/aromatic N) is 1. The van der Waals surface area contributed by atoms with E-state index in [1.165, 1.54) is 79.0 Å². The maximum atomic E-state index is 2.48. The van der Waals surface area contributed by atoms with Crippen LogP contribution in [0, 0.1) is 0 Å². The maximum Gasteiger partial charge on any atom is 0.0719 e. The Kier molecular flexibility index (Phi) is 4.43. The smallest absolute Gasteiger partial charge is 0.0719 e. The lowest BCUT2D eigenvalue weighted by molar-refractivity contribution is 1.19. The van der Waals surface area contributed by atoms with Gasteiger partial charge in [-0.2, -0.15) is 0 Å². The van der Waals surface area contributed by atoms with Crippen molar-refractivity contribution in [1.82, 2.24) is 4.57 Å². The lowest BCUT2D eigenvalue weighted by atomic mass is 10.0. The van der Waals surface area contributed by atoms with Gasteiger partial charge < -0.3 is 4.57 Å². The average molecular weight is 532 g/mol. The molecule has 9 aromatic rings. The summed E-state index contributed by atoms with van der Waals surface area (Å²) >= 11 is 3.79. The Labute approximate surface area is 232 Å². The normalized spacial score (nSPS) is 12.1. The molecule has 6 aromatic carbocycles. The van der Waals surface area contributed by atoms with Crippen LogP contribution in [0.3, 0.4) is 0 Å². The highest BCUT2D eigenvalue weighted by atomic mass is 32.1. The lowest BCUT2D eigenvalue weighted by Gasteiger charge is -2.11. The molecule has 0 N–H and O–H groups in total. The molecule has 3 heteroatoms. The minimum atomic E-state index is 1.20. The number of hydrogen-bond donors (Lipinski definition) is 0. The number of benzene rings is 6. The molecule has 0 atom stereocenters. The van der Waals surface area contributed by atoms with Gasteiger partial charge in [0, 0.05) is 52.1 Å². The molecular weight excluding hydrogens is 511 g/mol. The Bertz CT molecular complexity index is 2400. The predicted octanol–water partition coefficient (Wildman–Crippen LogP) is 11.2. The second-order valence-electron chi connectivity index (χ2n) is 10.1. The molecular formula is C36H21NS2. The zero-order chi connectivity index (χ0) is 25.5. The highest BCUT2D eigenvalue weighted by Crippen LogP contribution is 2.44. The highest BCUT2D eigenvalue weighted by Gasteiger charge is 2.18. The zero-order valence-electron chi connectivity index (χ0n) is 20.9. The third kappa shape index (κ3) is 3.00. The highest BCUT2D eigenvalue weighted by molar-refractivity contribution is 7.27. The predicted molar refractivity (Wildman–Crippen MR) is 172 cm³/mol. The molecule has 0 aliphatic rings. The fourth-order valence-corrected chi connectivity index (χ4v) is 8.76. The van der Waals surface area contributed by atoms with Gasteiger partial charge in [0.15, 0.2) is 0 Å². The first-order chi connectivity index (χ1) is 19.3. The van der Waals surface area contributed by atoms with E-state index in [9.17, 15) is 0 Å². The number of rotatable bonds is 2. The van der Waals surface area contributed by atoms with Crippen molar-refractivity contribution in [3.63, 3.8) is 0 Å². The third-order valence-electron chi connectivity index (χ3n) is 8.00. The molecule has 0 fully saturated rings. The molecule has 0 saturated carbocycles. The summed E-state index contributed by atoms with van der Waals surface area (Å²) in [5, 5.41) is 7.94. The van der Waals surface area contributed by atoms with Crippen molar-refractivity contribution in [2.24, 2.45) is 0 Å². The van der Waals surface area contributed by atoms with Gasteiger partial charge in [0.25, 0.3) is 0 Å². The topological polar surface area (TPSA) is 4.93 Å². The molecule has 0 unspecified atom stereocenters. The summed E-state index contributed by atoms with van der Waals surface area (Å²) in [4.78, 5) is 0. The molecule has 39 heavy (non-hydrogen) atoms. The Morgan fingerprint density at radius 3 is 1.87 bits per heavy atom. The Morgan fingerprint density at radius 1 is 0.436 bits per heavy atom. The van der Waals surface area contributed by atoms with Crippen LogP contribution in [-0.4, -0.2) is 4.57 Å². The van der Waals surface area contributed by atoms with Crippen molar-refractivity contribution >= 4 is 84.8 Å². The van der Waals surface area contributed by atoms with Crippen LogP contribution in [0.2, 0.25) is 0 Å². The lowest BCUT2D eigenvalue weighted by Crippen LogP contribution is -1.94. The molecule has 0 saturated heterocycles. The van der Waals surface area contributed by atoms with Crippen molar-refractivity contribution in [1.29, 1.82) is 0 Å². The van der Waals surface area contributed by atoms with E-state index >= 15 is 0 Å². The molecule has 0 radical (unpaired) electrons. The largest absolute Gasteiger partial charge is 0.308 e. The molecule has 3 aromatic heterocycles. The standard InChI is InChI=1S/C36H21NS2/c1-4-16-31-25(11-1)28-19-20-30-27-13-3-6-18-33(27)39-36(30)34(28)37(31)23-10-7-9-22(21-23)24-14-8-15-29-26-12-2-5-17-32(26)38-35(24)29/h1-21H. The SMILES string of the molecule is c1cc(-c2cccc3c2sc2ccccc23)cc(-n2c3ccccc3c3ccc4c5ccccc5sc4c32)c1. The Morgan fingerprint density at radius 2 is 1.05 bits per heavy atom. The molecule has 0 aliphatic heterocycles. The summed E-state index contributed by atoms with van der Waals surface area (Å²) in [6.07, 6.45) is 0. The molecule has 1 nitrogen and oxygen atoms in total. The second kappa shape index (κ2) is 8.03. The number of aromatic nitrogens is 1.